The van der Waals surface area contributed by atoms with E-state index in [-0.39, 0.29) is 16.8 Å². The van der Waals surface area contributed by atoms with Crippen molar-refractivity contribution in [3.8, 4) is 0 Å². The van der Waals surface area contributed by atoms with E-state index in [0.29, 0.717) is 13.1 Å². The van der Waals surface area contributed by atoms with Crippen molar-refractivity contribution >= 4 is 32.4 Å². The van der Waals surface area contributed by atoms with Gasteiger partial charge in [-0.05, 0) is 61.2 Å². The number of aromatic nitrogens is 1. The molecule has 0 saturated heterocycles. The molecule has 30 heavy (non-hydrogen) atoms. The minimum atomic E-state index is -3.60. The van der Waals surface area contributed by atoms with Crippen LogP contribution in [0.2, 0.25) is 0 Å². The van der Waals surface area contributed by atoms with Crippen LogP contribution in [0.5, 0.6) is 0 Å². The number of benzene rings is 2. The Hall–Kier alpha value is -2.81. The number of hydrogen-bond donors (Lipinski definition) is 3. The van der Waals surface area contributed by atoms with Gasteiger partial charge in [-0.1, -0.05) is 18.2 Å². The molecule has 0 aliphatic rings. The molecule has 1 atom stereocenters. The second-order valence-electron chi connectivity index (χ2n) is 7.24. The van der Waals surface area contributed by atoms with Crippen LogP contribution in [0.1, 0.15) is 19.4 Å². The van der Waals surface area contributed by atoms with Gasteiger partial charge in [0.15, 0.2) is 0 Å². The molecule has 0 unspecified atom stereocenters. The fourth-order valence-corrected chi connectivity index (χ4v) is 4.39. The zero-order valence-electron chi connectivity index (χ0n) is 17.1. The number of rotatable bonds is 9. The van der Waals surface area contributed by atoms with Gasteiger partial charge in [0, 0.05) is 43.0 Å². The maximum Gasteiger partial charge on any atom is 0.240 e. The Morgan fingerprint density at radius 1 is 1.07 bits per heavy atom. The van der Waals surface area contributed by atoms with Gasteiger partial charge in [-0.25, -0.2) is 13.1 Å². The van der Waals surface area contributed by atoms with Crippen LogP contribution < -0.4 is 15.4 Å². The molecular formula is C22H26N4O3S. The lowest BCUT2D eigenvalue weighted by molar-refractivity contribution is -0.114. The molecule has 0 saturated carbocycles. The minimum absolute atomic E-state index is 0.0958. The highest BCUT2D eigenvalue weighted by Crippen LogP contribution is 2.18. The standard InChI is InChI=1S/C22H26N4O3S/c1-16(14-23-11-9-18-3-6-21(7-4-18)25-17(2)27)26-30(28,29)22-8-5-20-15-24-12-10-19(20)13-22/h3-8,10,12-13,15-16,23,26H,9,11,14H2,1-2H3,(H,25,27)/t16-/m1/s1. The summed E-state index contributed by atoms with van der Waals surface area (Å²) in [6.45, 7) is 4.54. The summed E-state index contributed by atoms with van der Waals surface area (Å²) in [6, 6.07) is 14.2. The van der Waals surface area contributed by atoms with Gasteiger partial charge in [-0.3, -0.25) is 9.78 Å². The summed E-state index contributed by atoms with van der Waals surface area (Å²) in [4.78, 5) is 15.3. The molecule has 3 rings (SSSR count). The highest BCUT2D eigenvalue weighted by molar-refractivity contribution is 7.89. The van der Waals surface area contributed by atoms with Crippen molar-refractivity contribution in [2.75, 3.05) is 18.4 Å². The molecule has 0 spiro atoms. The van der Waals surface area contributed by atoms with Crippen molar-refractivity contribution in [1.29, 1.82) is 0 Å². The first-order valence-electron chi connectivity index (χ1n) is 9.77. The number of carbonyl (C=O) groups excluding carboxylic acids is 1. The minimum Gasteiger partial charge on any atom is -0.326 e. The fourth-order valence-electron chi connectivity index (χ4n) is 3.11. The number of carbonyl (C=O) groups is 1. The van der Waals surface area contributed by atoms with Crippen LogP contribution >= 0.6 is 0 Å². The van der Waals surface area contributed by atoms with E-state index < -0.39 is 10.0 Å². The molecule has 1 amide bonds. The summed E-state index contributed by atoms with van der Waals surface area (Å²) in [5.41, 5.74) is 1.91. The van der Waals surface area contributed by atoms with Crippen LogP contribution in [0.3, 0.4) is 0 Å². The van der Waals surface area contributed by atoms with Crippen molar-refractivity contribution in [3.63, 3.8) is 0 Å². The van der Waals surface area contributed by atoms with Crippen molar-refractivity contribution < 1.29 is 13.2 Å². The molecule has 3 aromatic rings. The van der Waals surface area contributed by atoms with Crippen molar-refractivity contribution in [1.82, 2.24) is 15.0 Å². The van der Waals surface area contributed by atoms with Crippen LogP contribution in [0, 0.1) is 0 Å². The van der Waals surface area contributed by atoms with E-state index in [1.807, 2.05) is 31.2 Å². The SMILES string of the molecule is CC(=O)Nc1ccc(CCNC[C@@H](C)NS(=O)(=O)c2ccc3cnccc3c2)cc1. The van der Waals surface area contributed by atoms with Crippen molar-refractivity contribution in [2.45, 2.75) is 31.2 Å². The van der Waals surface area contributed by atoms with Gasteiger partial charge in [0.25, 0.3) is 0 Å². The van der Waals surface area contributed by atoms with E-state index in [0.717, 1.165) is 28.4 Å². The van der Waals surface area contributed by atoms with E-state index in [1.165, 1.54) is 6.92 Å². The van der Waals surface area contributed by atoms with Crippen LogP contribution in [0.15, 0.2) is 65.8 Å². The molecular weight excluding hydrogens is 400 g/mol. The van der Waals surface area contributed by atoms with Gasteiger partial charge in [-0.15, -0.1) is 0 Å². The quantitative estimate of drug-likeness (QED) is 0.457. The topological polar surface area (TPSA) is 100 Å². The summed E-state index contributed by atoms with van der Waals surface area (Å²) in [6.07, 6.45) is 4.16. The number of pyridine rings is 1. The monoisotopic (exact) mass is 426 g/mol. The van der Waals surface area contributed by atoms with Gasteiger partial charge in [-0.2, -0.15) is 0 Å². The Balaban J connectivity index is 1.47. The largest absolute Gasteiger partial charge is 0.326 e. The summed E-state index contributed by atoms with van der Waals surface area (Å²) in [5, 5.41) is 7.75. The van der Waals surface area contributed by atoms with Crippen molar-refractivity contribution in [2.24, 2.45) is 0 Å². The van der Waals surface area contributed by atoms with Gasteiger partial charge in [0.05, 0.1) is 4.90 Å². The summed E-state index contributed by atoms with van der Waals surface area (Å²) in [7, 11) is -3.60. The Bertz CT molecular complexity index is 1110. The first-order valence-corrected chi connectivity index (χ1v) is 11.3. The number of nitrogens with zero attached hydrogens (tertiary/aromatic N) is 1. The molecule has 7 nitrogen and oxygen atoms in total. The number of nitrogens with one attached hydrogen (secondary N) is 3. The predicted octanol–water partition coefficient (Wildman–Crippen LogP) is 2.69. The molecule has 158 valence electrons. The van der Waals surface area contributed by atoms with E-state index in [1.54, 1.807) is 36.7 Å². The molecule has 0 fully saturated rings. The molecule has 8 heteroatoms. The van der Waals surface area contributed by atoms with E-state index in [9.17, 15) is 13.2 Å². The van der Waals surface area contributed by atoms with E-state index in [4.69, 9.17) is 0 Å². The number of anilines is 1. The zero-order chi connectivity index (χ0) is 21.6. The maximum absolute atomic E-state index is 12.7. The molecule has 1 heterocycles. The summed E-state index contributed by atoms with van der Waals surface area (Å²) < 4.78 is 28.0. The average Bonchev–Trinajstić information content (AvgIpc) is 2.71. The second kappa shape index (κ2) is 9.80. The summed E-state index contributed by atoms with van der Waals surface area (Å²) in [5.74, 6) is -0.0958. The lowest BCUT2D eigenvalue weighted by Gasteiger charge is -2.15. The Morgan fingerprint density at radius 2 is 1.83 bits per heavy atom. The predicted molar refractivity (Wildman–Crippen MR) is 119 cm³/mol. The van der Waals surface area contributed by atoms with E-state index in [2.05, 4.69) is 20.3 Å². The Labute approximate surface area is 177 Å². The second-order valence-corrected chi connectivity index (χ2v) is 8.95. The lowest BCUT2D eigenvalue weighted by Crippen LogP contribution is -2.40. The molecule has 0 radical (unpaired) electrons. The van der Waals surface area contributed by atoms with Gasteiger partial charge in [0.1, 0.15) is 0 Å². The maximum atomic E-state index is 12.7. The Kier molecular flexibility index (Phi) is 7.15. The van der Waals surface area contributed by atoms with Crippen LogP contribution in [-0.2, 0) is 21.2 Å². The third-order valence-corrected chi connectivity index (χ3v) is 6.18. The van der Waals surface area contributed by atoms with Crippen LogP contribution in [-0.4, -0.2) is 38.4 Å². The number of sulfonamides is 1. The smallest absolute Gasteiger partial charge is 0.240 e. The molecule has 0 aliphatic carbocycles. The number of hydrogen-bond acceptors (Lipinski definition) is 5. The summed E-state index contributed by atoms with van der Waals surface area (Å²) >= 11 is 0. The molecule has 0 aliphatic heterocycles. The van der Waals surface area contributed by atoms with Gasteiger partial charge >= 0.3 is 0 Å². The average molecular weight is 427 g/mol. The van der Waals surface area contributed by atoms with Crippen LogP contribution in [0.4, 0.5) is 5.69 Å². The Morgan fingerprint density at radius 3 is 2.57 bits per heavy atom. The highest BCUT2D eigenvalue weighted by atomic mass is 32.2. The van der Waals surface area contributed by atoms with Crippen LogP contribution in [0.25, 0.3) is 10.8 Å². The normalized spacial score (nSPS) is 12.6. The third kappa shape index (κ3) is 6.09. The number of amides is 1. The van der Waals surface area contributed by atoms with E-state index >= 15 is 0 Å². The zero-order valence-corrected chi connectivity index (χ0v) is 17.9. The molecule has 3 N–H and O–H groups in total. The van der Waals surface area contributed by atoms with Crippen molar-refractivity contribution in [3.05, 3.63) is 66.5 Å². The van der Waals surface area contributed by atoms with Gasteiger partial charge < -0.3 is 10.6 Å². The molecule has 2 aromatic carbocycles. The number of fused-ring (bicyclic) bond motifs is 1. The molecule has 0 bridgehead atoms. The lowest BCUT2D eigenvalue weighted by atomic mass is 10.1. The fraction of sp³-hybridized carbons (Fsp3) is 0.273. The molecule has 1 aromatic heterocycles. The first-order chi connectivity index (χ1) is 14.3. The third-order valence-electron chi connectivity index (χ3n) is 4.59. The highest BCUT2D eigenvalue weighted by Gasteiger charge is 2.17. The van der Waals surface area contributed by atoms with Gasteiger partial charge in [0.2, 0.25) is 15.9 Å². The first kappa shape index (κ1) is 21.9.